The van der Waals surface area contributed by atoms with Gasteiger partial charge in [0.25, 0.3) is 5.91 Å². The van der Waals surface area contributed by atoms with Gasteiger partial charge in [0.05, 0.1) is 4.88 Å². The van der Waals surface area contributed by atoms with Crippen LogP contribution in [0, 0.1) is 5.92 Å². The summed E-state index contributed by atoms with van der Waals surface area (Å²) in [5, 5.41) is 8.98. The molecular weight excluding hydrogens is 258 g/mol. The van der Waals surface area contributed by atoms with Crippen LogP contribution in [0.5, 0.6) is 0 Å². The number of fused-ring (bicyclic) bond motifs is 1. The van der Waals surface area contributed by atoms with Gasteiger partial charge in [-0.2, -0.15) is 0 Å². The lowest BCUT2D eigenvalue weighted by atomic mass is 9.99. The Morgan fingerprint density at radius 3 is 3.05 bits per heavy atom. The predicted molar refractivity (Wildman–Crippen MR) is 76.7 cm³/mol. The number of hydrogen-bond acceptors (Lipinski definition) is 3. The van der Waals surface area contributed by atoms with Crippen molar-refractivity contribution in [3.05, 3.63) is 21.4 Å². The molecule has 1 N–H and O–H groups in total. The van der Waals surface area contributed by atoms with Crippen molar-refractivity contribution < 1.29 is 9.90 Å². The third-order valence-corrected chi connectivity index (χ3v) is 5.54. The molecule has 2 heterocycles. The molecule has 0 spiro atoms. The highest BCUT2D eigenvalue weighted by Crippen LogP contribution is 2.31. The van der Waals surface area contributed by atoms with Crippen LogP contribution in [0.25, 0.3) is 0 Å². The van der Waals surface area contributed by atoms with Crippen LogP contribution >= 0.6 is 11.3 Å². The molecular formula is C15H21NO2S. The van der Waals surface area contributed by atoms with Crippen LogP contribution in [0.15, 0.2) is 6.07 Å². The normalized spacial score (nSPS) is 22.6. The summed E-state index contributed by atoms with van der Waals surface area (Å²) in [6, 6.07) is 2.13. The van der Waals surface area contributed by atoms with E-state index in [0.29, 0.717) is 5.92 Å². The number of carbonyl (C=O) groups is 1. The fourth-order valence-electron chi connectivity index (χ4n) is 3.19. The first kappa shape index (κ1) is 13.1. The molecule has 3 rings (SSSR count). The van der Waals surface area contributed by atoms with Gasteiger partial charge in [0, 0.05) is 24.6 Å². The van der Waals surface area contributed by atoms with Crippen molar-refractivity contribution >= 4 is 17.2 Å². The Kier molecular flexibility index (Phi) is 3.89. The number of likely N-dealkylation sites (tertiary alicyclic amines) is 1. The minimum atomic E-state index is 0.208. The standard InChI is InChI=1S/C15H21NO2S/c17-8-6-11-5-7-16(10-11)15(18)14-9-12-3-1-2-4-13(12)19-14/h9,11,17H,1-8,10H2. The summed E-state index contributed by atoms with van der Waals surface area (Å²) in [4.78, 5) is 16.8. The Bertz CT molecular complexity index is 445. The van der Waals surface area contributed by atoms with Gasteiger partial charge in [-0.1, -0.05) is 0 Å². The van der Waals surface area contributed by atoms with Gasteiger partial charge >= 0.3 is 0 Å². The molecule has 0 saturated carbocycles. The maximum Gasteiger partial charge on any atom is 0.263 e. The summed E-state index contributed by atoms with van der Waals surface area (Å²) in [6.45, 7) is 1.91. The monoisotopic (exact) mass is 279 g/mol. The second kappa shape index (κ2) is 5.63. The first-order valence-corrected chi connectivity index (χ1v) is 8.11. The molecule has 1 fully saturated rings. The average molecular weight is 279 g/mol. The molecule has 104 valence electrons. The van der Waals surface area contributed by atoms with Crippen LogP contribution < -0.4 is 0 Å². The van der Waals surface area contributed by atoms with E-state index in [-0.39, 0.29) is 12.5 Å². The largest absolute Gasteiger partial charge is 0.396 e. The quantitative estimate of drug-likeness (QED) is 0.923. The van der Waals surface area contributed by atoms with E-state index in [2.05, 4.69) is 6.07 Å². The van der Waals surface area contributed by atoms with E-state index < -0.39 is 0 Å². The Balaban J connectivity index is 1.69. The van der Waals surface area contributed by atoms with E-state index in [1.165, 1.54) is 23.3 Å². The highest BCUT2D eigenvalue weighted by Gasteiger charge is 2.28. The van der Waals surface area contributed by atoms with E-state index in [4.69, 9.17) is 5.11 Å². The Hall–Kier alpha value is -0.870. The van der Waals surface area contributed by atoms with Crippen LogP contribution in [0.2, 0.25) is 0 Å². The fourth-order valence-corrected chi connectivity index (χ4v) is 4.41. The first-order valence-electron chi connectivity index (χ1n) is 7.29. The fraction of sp³-hybridized carbons (Fsp3) is 0.667. The SMILES string of the molecule is O=C(c1cc2c(s1)CCCC2)N1CCC(CCO)C1. The third-order valence-electron chi connectivity index (χ3n) is 4.32. The first-order chi connectivity index (χ1) is 9.28. The van der Waals surface area contributed by atoms with Gasteiger partial charge in [-0.3, -0.25) is 4.79 Å². The van der Waals surface area contributed by atoms with E-state index in [1.54, 1.807) is 11.3 Å². The number of aliphatic hydroxyl groups excluding tert-OH is 1. The second-order valence-corrected chi connectivity index (χ2v) is 6.82. The molecule has 1 aliphatic heterocycles. The van der Waals surface area contributed by atoms with Crippen molar-refractivity contribution in [3.63, 3.8) is 0 Å². The van der Waals surface area contributed by atoms with Gasteiger partial charge in [-0.25, -0.2) is 0 Å². The summed E-state index contributed by atoms with van der Waals surface area (Å²) in [5.41, 5.74) is 1.41. The van der Waals surface area contributed by atoms with Crippen LogP contribution in [-0.4, -0.2) is 35.6 Å². The number of amides is 1. The van der Waals surface area contributed by atoms with Gasteiger partial charge < -0.3 is 10.0 Å². The average Bonchev–Trinajstić information content (AvgIpc) is 3.04. The van der Waals surface area contributed by atoms with Crippen molar-refractivity contribution in [2.45, 2.75) is 38.5 Å². The van der Waals surface area contributed by atoms with E-state index in [0.717, 1.165) is 43.6 Å². The van der Waals surface area contributed by atoms with Crippen LogP contribution in [0.3, 0.4) is 0 Å². The van der Waals surface area contributed by atoms with Gasteiger partial charge in [-0.15, -0.1) is 11.3 Å². The number of carbonyl (C=O) groups excluding carboxylic acids is 1. The molecule has 1 amide bonds. The summed E-state index contributed by atoms with van der Waals surface area (Å²) in [5.74, 6) is 0.698. The van der Waals surface area contributed by atoms with Crippen molar-refractivity contribution in [1.82, 2.24) is 4.90 Å². The Morgan fingerprint density at radius 2 is 2.26 bits per heavy atom. The predicted octanol–water partition coefficient (Wildman–Crippen LogP) is 2.47. The molecule has 1 unspecified atom stereocenters. The smallest absolute Gasteiger partial charge is 0.263 e. The summed E-state index contributed by atoms with van der Waals surface area (Å²) in [7, 11) is 0. The van der Waals surface area contributed by atoms with E-state index >= 15 is 0 Å². The van der Waals surface area contributed by atoms with Gasteiger partial charge in [0.1, 0.15) is 0 Å². The Morgan fingerprint density at radius 1 is 1.42 bits per heavy atom. The molecule has 1 aromatic heterocycles. The zero-order valence-corrected chi connectivity index (χ0v) is 12.0. The minimum Gasteiger partial charge on any atom is -0.396 e. The maximum absolute atomic E-state index is 12.5. The molecule has 1 aromatic rings. The lowest BCUT2D eigenvalue weighted by Crippen LogP contribution is -2.28. The zero-order valence-electron chi connectivity index (χ0n) is 11.2. The van der Waals surface area contributed by atoms with E-state index in [1.807, 2.05) is 4.90 Å². The minimum absolute atomic E-state index is 0.208. The van der Waals surface area contributed by atoms with E-state index in [9.17, 15) is 4.79 Å². The van der Waals surface area contributed by atoms with Gasteiger partial charge in [0.2, 0.25) is 0 Å². The number of nitrogens with zero attached hydrogens (tertiary/aromatic N) is 1. The number of thiophene rings is 1. The van der Waals surface area contributed by atoms with Crippen LogP contribution in [0.4, 0.5) is 0 Å². The molecule has 4 heteroatoms. The van der Waals surface area contributed by atoms with Crippen LogP contribution in [0.1, 0.15) is 45.8 Å². The highest BCUT2D eigenvalue weighted by atomic mass is 32.1. The molecule has 19 heavy (non-hydrogen) atoms. The molecule has 0 radical (unpaired) electrons. The number of rotatable bonds is 3. The van der Waals surface area contributed by atoms with Crippen molar-refractivity contribution in [2.24, 2.45) is 5.92 Å². The second-order valence-electron chi connectivity index (χ2n) is 5.68. The molecule has 1 aliphatic carbocycles. The maximum atomic E-state index is 12.5. The number of aryl methyl sites for hydroxylation is 2. The van der Waals surface area contributed by atoms with Crippen molar-refractivity contribution in [3.8, 4) is 0 Å². The molecule has 3 nitrogen and oxygen atoms in total. The molecule has 0 aromatic carbocycles. The van der Waals surface area contributed by atoms with Crippen molar-refractivity contribution in [1.29, 1.82) is 0 Å². The Labute approximate surface area is 118 Å². The lowest BCUT2D eigenvalue weighted by molar-refractivity contribution is 0.0789. The van der Waals surface area contributed by atoms with Gasteiger partial charge in [-0.05, 0) is 56.1 Å². The summed E-state index contributed by atoms with van der Waals surface area (Å²) in [6.07, 6.45) is 6.69. The molecule has 1 saturated heterocycles. The highest BCUT2D eigenvalue weighted by molar-refractivity contribution is 7.14. The zero-order chi connectivity index (χ0) is 13.2. The number of aliphatic hydroxyl groups is 1. The molecule has 2 aliphatic rings. The van der Waals surface area contributed by atoms with Gasteiger partial charge in [0.15, 0.2) is 0 Å². The summed E-state index contributed by atoms with van der Waals surface area (Å²) < 4.78 is 0. The third kappa shape index (κ3) is 2.70. The topological polar surface area (TPSA) is 40.5 Å². The lowest BCUT2D eigenvalue weighted by Gasteiger charge is -2.15. The molecule has 0 bridgehead atoms. The van der Waals surface area contributed by atoms with Crippen LogP contribution in [-0.2, 0) is 12.8 Å². The summed E-state index contributed by atoms with van der Waals surface area (Å²) >= 11 is 1.70. The van der Waals surface area contributed by atoms with Crippen molar-refractivity contribution in [2.75, 3.05) is 19.7 Å². The number of hydrogen-bond donors (Lipinski definition) is 1. The molecule has 1 atom stereocenters.